The minimum Gasteiger partial charge on any atom is -0.464 e. The van der Waals surface area contributed by atoms with Crippen molar-refractivity contribution in [2.24, 2.45) is 11.8 Å². The third-order valence-electron chi connectivity index (χ3n) is 3.24. The van der Waals surface area contributed by atoms with Gasteiger partial charge in [-0.25, -0.2) is 9.18 Å². The zero-order valence-electron chi connectivity index (χ0n) is 10.1. The van der Waals surface area contributed by atoms with Crippen molar-refractivity contribution in [1.82, 2.24) is 0 Å². The maximum Gasteiger partial charge on any atom is 0.534 e. The number of carbonyl (C=O) groups excluding carboxylic acids is 1. The van der Waals surface area contributed by atoms with Crippen LogP contribution in [0.4, 0.5) is 17.6 Å². The van der Waals surface area contributed by atoms with Crippen molar-refractivity contribution >= 4 is 16.1 Å². The van der Waals surface area contributed by atoms with Gasteiger partial charge >= 0.3 is 21.6 Å². The Balaban J connectivity index is 2.14. The molecular weight excluding hydrogens is 308 g/mol. The number of ether oxygens (including phenoxy) is 1. The number of hydrogen-bond acceptors (Lipinski definition) is 5. The van der Waals surface area contributed by atoms with Gasteiger partial charge in [0.1, 0.15) is 5.76 Å². The molecule has 0 bridgehead atoms. The van der Waals surface area contributed by atoms with Crippen LogP contribution in [0.5, 0.6) is 0 Å². The second-order valence-electron chi connectivity index (χ2n) is 4.40. The number of alkyl halides is 4. The summed E-state index contributed by atoms with van der Waals surface area (Å²) >= 11 is 0. The number of carbonyl (C=O) groups is 1. The minimum absolute atomic E-state index is 0.0807. The summed E-state index contributed by atoms with van der Waals surface area (Å²) in [6.45, 7) is 1.35. The Morgan fingerprint density at radius 3 is 2.60 bits per heavy atom. The van der Waals surface area contributed by atoms with Crippen LogP contribution < -0.4 is 0 Å². The van der Waals surface area contributed by atoms with Crippen LogP contribution in [-0.2, 0) is 23.8 Å². The van der Waals surface area contributed by atoms with Crippen LogP contribution in [0, 0.1) is 11.8 Å². The molecule has 20 heavy (non-hydrogen) atoms. The van der Waals surface area contributed by atoms with E-state index in [9.17, 15) is 30.8 Å². The molecule has 0 N–H and O–H groups in total. The first-order chi connectivity index (χ1) is 9.05. The Morgan fingerprint density at radius 2 is 2.10 bits per heavy atom. The summed E-state index contributed by atoms with van der Waals surface area (Å²) in [6, 6.07) is 0. The standard InChI is InChI=1S/C10H10F4O5S/c1-2-18-8(15)9(11)5-3-4-6(7(5)9)19-20(16,17)10(12,13)14/h4-5,7H,2-3H2,1H3/t5-,7-,9-/m1/s1. The summed E-state index contributed by atoms with van der Waals surface area (Å²) in [5.74, 6) is -4.17. The maximum atomic E-state index is 14.2. The molecule has 1 saturated carbocycles. The van der Waals surface area contributed by atoms with Gasteiger partial charge in [-0.2, -0.15) is 21.6 Å². The molecule has 0 spiro atoms. The summed E-state index contributed by atoms with van der Waals surface area (Å²) in [5.41, 5.74) is -8.11. The van der Waals surface area contributed by atoms with E-state index in [2.05, 4.69) is 8.92 Å². The third-order valence-corrected chi connectivity index (χ3v) is 4.22. The summed E-state index contributed by atoms with van der Waals surface area (Å²) < 4.78 is 80.9. The smallest absolute Gasteiger partial charge is 0.464 e. The van der Waals surface area contributed by atoms with Gasteiger partial charge in [0.05, 0.1) is 12.5 Å². The zero-order chi connectivity index (χ0) is 15.3. The van der Waals surface area contributed by atoms with Gasteiger partial charge in [0.15, 0.2) is 0 Å². The Bertz CT molecular complexity index is 567. The van der Waals surface area contributed by atoms with E-state index >= 15 is 0 Å². The van der Waals surface area contributed by atoms with Gasteiger partial charge in [-0.15, -0.1) is 0 Å². The quantitative estimate of drug-likeness (QED) is 0.341. The topological polar surface area (TPSA) is 69.7 Å². The molecule has 0 amide bonds. The average molecular weight is 318 g/mol. The highest BCUT2D eigenvalue weighted by atomic mass is 32.2. The lowest BCUT2D eigenvalue weighted by Crippen LogP contribution is -2.29. The van der Waals surface area contributed by atoms with Crippen molar-refractivity contribution in [1.29, 1.82) is 0 Å². The van der Waals surface area contributed by atoms with Gasteiger partial charge in [-0.05, 0) is 19.4 Å². The number of rotatable bonds is 4. The summed E-state index contributed by atoms with van der Waals surface area (Å²) in [6.07, 6.45) is 0.957. The van der Waals surface area contributed by atoms with Crippen LogP contribution in [0.1, 0.15) is 13.3 Å². The van der Waals surface area contributed by atoms with Crippen molar-refractivity contribution < 1.29 is 39.7 Å². The predicted molar refractivity (Wildman–Crippen MR) is 56.2 cm³/mol. The van der Waals surface area contributed by atoms with Crippen LogP contribution in [0.25, 0.3) is 0 Å². The van der Waals surface area contributed by atoms with Gasteiger partial charge < -0.3 is 8.92 Å². The van der Waals surface area contributed by atoms with Crippen LogP contribution >= 0.6 is 0 Å². The molecule has 0 heterocycles. The molecule has 0 saturated heterocycles. The molecule has 2 aliphatic carbocycles. The summed E-state index contributed by atoms with van der Waals surface area (Å²) in [5, 5.41) is 0. The van der Waals surface area contributed by atoms with E-state index in [-0.39, 0.29) is 13.0 Å². The van der Waals surface area contributed by atoms with E-state index in [1.54, 1.807) is 0 Å². The normalized spacial score (nSPS) is 32.4. The van der Waals surface area contributed by atoms with Gasteiger partial charge in [-0.1, -0.05) is 0 Å². The van der Waals surface area contributed by atoms with E-state index in [1.807, 2.05) is 0 Å². The second-order valence-corrected chi connectivity index (χ2v) is 5.94. The lowest BCUT2D eigenvalue weighted by Gasteiger charge is -2.13. The Labute approximate surface area is 111 Å². The molecule has 0 aromatic rings. The largest absolute Gasteiger partial charge is 0.534 e. The maximum absolute atomic E-state index is 14.2. The highest BCUT2D eigenvalue weighted by Gasteiger charge is 2.76. The fourth-order valence-electron chi connectivity index (χ4n) is 2.29. The lowest BCUT2D eigenvalue weighted by atomic mass is 10.2. The number of allylic oxidation sites excluding steroid dienone is 2. The molecule has 10 heteroatoms. The van der Waals surface area contributed by atoms with Gasteiger partial charge in [-0.3, -0.25) is 0 Å². The Kier molecular flexibility index (Phi) is 3.27. The monoisotopic (exact) mass is 318 g/mol. The zero-order valence-corrected chi connectivity index (χ0v) is 10.9. The van der Waals surface area contributed by atoms with Crippen LogP contribution in [0.15, 0.2) is 11.8 Å². The highest BCUT2D eigenvalue weighted by molar-refractivity contribution is 7.87. The van der Waals surface area contributed by atoms with Gasteiger partial charge in [0.2, 0.25) is 5.67 Å². The SMILES string of the molecule is CCOC(=O)[C@@]1(F)[C@@H]2CC=C(OS(=O)(=O)C(F)(F)F)[C@@H]21. The van der Waals surface area contributed by atoms with Crippen molar-refractivity contribution in [2.75, 3.05) is 6.61 Å². The molecule has 2 rings (SSSR count). The molecule has 0 radical (unpaired) electrons. The molecule has 0 unspecified atom stereocenters. The molecule has 3 atom stereocenters. The van der Waals surface area contributed by atoms with Crippen molar-refractivity contribution in [3.63, 3.8) is 0 Å². The number of esters is 1. The van der Waals surface area contributed by atoms with Crippen molar-refractivity contribution in [2.45, 2.75) is 24.5 Å². The fourth-order valence-corrected chi connectivity index (χ4v) is 2.81. The van der Waals surface area contributed by atoms with Crippen LogP contribution in [0.2, 0.25) is 0 Å². The first-order valence-corrected chi connectivity index (χ1v) is 7.03. The molecular formula is C10H10F4O5S. The molecule has 1 fully saturated rings. The Morgan fingerprint density at radius 1 is 1.50 bits per heavy atom. The van der Waals surface area contributed by atoms with Crippen molar-refractivity contribution in [3.8, 4) is 0 Å². The van der Waals surface area contributed by atoms with E-state index in [4.69, 9.17) is 0 Å². The predicted octanol–water partition coefficient (Wildman–Crippen LogP) is 1.66. The molecule has 5 nitrogen and oxygen atoms in total. The third kappa shape index (κ3) is 2.05. The molecule has 0 aromatic carbocycles. The molecule has 0 aromatic heterocycles. The van der Waals surface area contributed by atoms with Crippen LogP contribution in [0.3, 0.4) is 0 Å². The van der Waals surface area contributed by atoms with E-state index in [0.29, 0.717) is 0 Å². The van der Waals surface area contributed by atoms with Crippen LogP contribution in [-0.4, -0.2) is 32.2 Å². The minimum atomic E-state index is -5.86. The number of hydrogen-bond donors (Lipinski definition) is 0. The second kappa shape index (κ2) is 4.34. The average Bonchev–Trinajstić information content (AvgIpc) is 2.68. The first-order valence-electron chi connectivity index (χ1n) is 5.62. The van der Waals surface area contributed by atoms with E-state index in [1.165, 1.54) is 6.92 Å². The highest BCUT2D eigenvalue weighted by Crippen LogP contribution is 2.64. The first kappa shape index (κ1) is 15.1. The van der Waals surface area contributed by atoms with E-state index < -0.39 is 44.9 Å². The summed E-state index contributed by atoms with van der Waals surface area (Å²) in [4.78, 5) is 11.4. The Hall–Kier alpha value is -1.32. The molecule has 2 aliphatic rings. The van der Waals surface area contributed by atoms with Crippen molar-refractivity contribution in [3.05, 3.63) is 11.8 Å². The molecule has 114 valence electrons. The van der Waals surface area contributed by atoms with E-state index in [0.717, 1.165) is 6.08 Å². The lowest BCUT2D eigenvalue weighted by molar-refractivity contribution is -0.152. The number of fused-ring (bicyclic) bond motifs is 1. The summed E-state index contributed by atoms with van der Waals surface area (Å²) in [7, 11) is -5.86. The number of halogens is 4. The van der Waals surface area contributed by atoms with Gasteiger partial charge in [0.25, 0.3) is 0 Å². The van der Waals surface area contributed by atoms with Gasteiger partial charge in [0, 0.05) is 5.92 Å². The fraction of sp³-hybridized carbons (Fsp3) is 0.700. The molecule has 0 aliphatic heterocycles.